The van der Waals surface area contributed by atoms with Gasteiger partial charge in [-0.25, -0.2) is 4.68 Å². The number of hydrogen-bond acceptors (Lipinski definition) is 5. The van der Waals surface area contributed by atoms with E-state index in [1.165, 1.54) is 11.3 Å². The number of anilines is 1. The Morgan fingerprint density at radius 3 is 2.86 bits per heavy atom. The number of nitrogen functional groups attached to an aromatic ring is 1. The molecular formula is C7H8ClN5S. The van der Waals surface area contributed by atoms with Gasteiger partial charge in [0.15, 0.2) is 0 Å². The van der Waals surface area contributed by atoms with Gasteiger partial charge in [-0.1, -0.05) is 16.7 Å². The van der Waals surface area contributed by atoms with E-state index < -0.39 is 0 Å². The number of halogens is 1. The van der Waals surface area contributed by atoms with E-state index in [2.05, 4.69) is 15.5 Å². The number of hydrogen-bond donors (Lipinski definition) is 1. The third-order valence-corrected chi connectivity index (χ3v) is 3.29. The van der Waals surface area contributed by atoms with Crippen LogP contribution in [0.15, 0.2) is 12.1 Å². The average molecular weight is 230 g/mol. The molecule has 0 radical (unpaired) electrons. The van der Waals surface area contributed by atoms with Crippen LogP contribution in [0.4, 0.5) is 5.95 Å². The lowest BCUT2D eigenvalue weighted by Gasteiger charge is -2.08. The van der Waals surface area contributed by atoms with Crippen LogP contribution >= 0.6 is 22.9 Å². The second-order valence-corrected chi connectivity index (χ2v) is 4.55. The molecule has 2 heterocycles. The quantitative estimate of drug-likeness (QED) is 0.849. The third-order valence-electron chi connectivity index (χ3n) is 1.89. The monoisotopic (exact) mass is 229 g/mol. The summed E-state index contributed by atoms with van der Waals surface area (Å²) >= 11 is 7.33. The zero-order valence-corrected chi connectivity index (χ0v) is 8.96. The van der Waals surface area contributed by atoms with Gasteiger partial charge < -0.3 is 5.73 Å². The van der Waals surface area contributed by atoms with Crippen LogP contribution in [-0.4, -0.2) is 20.2 Å². The normalized spacial score (nSPS) is 13.0. The number of nitrogens with zero attached hydrogens (tertiary/aromatic N) is 4. The lowest BCUT2D eigenvalue weighted by molar-refractivity contribution is 0.557. The van der Waals surface area contributed by atoms with Gasteiger partial charge in [0, 0.05) is 4.88 Å². The van der Waals surface area contributed by atoms with E-state index in [0.717, 1.165) is 9.21 Å². The molecule has 0 fully saturated rings. The standard InChI is InChI=1S/C7H8ClN5S/c1-4(5-2-3-6(8)14-5)13-7(9)10-11-12-13/h2-4H,1H3,(H2,9,10,12). The molecule has 14 heavy (non-hydrogen) atoms. The first kappa shape index (κ1) is 9.42. The minimum Gasteiger partial charge on any atom is -0.367 e. The molecule has 0 amide bonds. The van der Waals surface area contributed by atoms with Crippen LogP contribution in [0.3, 0.4) is 0 Å². The van der Waals surface area contributed by atoms with Crippen molar-refractivity contribution >= 4 is 28.9 Å². The Balaban J connectivity index is 2.33. The molecule has 0 bridgehead atoms. The molecule has 2 aromatic rings. The Labute approximate surface area is 89.5 Å². The lowest BCUT2D eigenvalue weighted by atomic mass is 10.3. The predicted molar refractivity (Wildman–Crippen MR) is 55.4 cm³/mol. The van der Waals surface area contributed by atoms with Gasteiger partial charge in [-0.05, 0) is 29.5 Å². The Morgan fingerprint density at radius 1 is 1.57 bits per heavy atom. The van der Waals surface area contributed by atoms with Crippen molar-refractivity contribution in [2.24, 2.45) is 0 Å². The fraction of sp³-hybridized carbons (Fsp3) is 0.286. The molecule has 0 spiro atoms. The van der Waals surface area contributed by atoms with Crippen LogP contribution in [0.25, 0.3) is 0 Å². The van der Waals surface area contributed by atoms with Crippen molar-refractivity contribution in [1.29, 1.82) is 0 Å². The molecule has 7 heteroatoms. The summed E-state index contributed by atoms with van der Waals surface area (Å²) in [5.74, 6) is 0.307. The highest BCUT2D eigenvalue weighted by atomic mass is 35.5. The number of thiophene rings is 1. The fourth-order valence-corrected chi connectivity index (χ4v) is 2.25. The second kappa shape index (κ2) is 3.55. The summed E-state index contributed by atoms with van der Waals surface area (Å²) in [5.41, 5.74) is 5.58. The van der Waals surface area contributed by atoms with Crippen molar-refractivity contribution < 1.29 is 0 Å². The summed E-state index contributed by atoms with van der Waals surface area (Å²) in [6, 6.07) is 3.81. The summed E-state index contributed by atoms with van der Waals surface area (Å²) < 4.78 is 2.31. The summed E-state index contributed by atoms with van der Waals surface area (Å²) in [6.07, 6.45) is 0. The number of aromatic nitrogens is 4. The maximum atomic E-state index is 5.83. The van der Waals surface area contributed by atoms with Crippen molar-refractivity contribution in [3.05, 3.63) is 21.3 Å². The van der Waals surface area contributed by atoms with Gasteiger partial charge in [-0.2, -0.15) is 0 Å². The van der Waals surface area contributed by atoms with Crippen molar-refractivity contribution in [1.82, 2.24) is 20.2 Å². The van der Waals surface area contributed by atoms with Crippen LogP contribution in [0.1, 0.15) is 17.8 Å². The van der Waals surface area contributed by atoms with Gasteiger partial charge in [0.05, 0.1) is 10.4 Å². The van der Waals surface area contributed by atoms with E-state index in [0.29, 0.717) is 5.95 Å². The van der Waals surface area contributed by atoms with Crippen LogP contribution < -0.4 is 5.73 Å². The van der Waals surface area contributed by atoms with Gasteiger partial charge in [0.25, 0.3) is 0 Å². The minimum absolute atomic E-state index is 0.0162. The zero-order valence-electron chi connectivity index (χ0n) is 7.38. The highest BCUT2D eigenvalue weighted by molar-refractivity contribution is 7.16. The molecule has 0 aliphatic rings. The molecule has 2 rings (SSSR count). The molecular weight excluding hydrogens is 222 g/mol. The number of rotatable bonds is 2. The molecule has 2 aromatic heterocycles. The van der Waals surface area contributed by atoms with E-state index in [9.17, 15) is 0 Å². The molecule has 74 valence electrons. The highest BCUT2D eigenvalue weighted by Crippen LogP contribution is 2.29. The molecule has 1 atom stereocenters. The summed E-state index contributed by atoms with van der Waals surface area (Å²) in [7, 11) is 0. The SMILES string of the molecule is CC(c1ccc(Cl)s1)n1nnnc1N. The Morgan fingerprint density at radius 2 is 2.36 bits per heavy atom. The predicted octanol–water partition coefficient (Wildman–Crippen LogP) is 1.58. The topological polar surface area (TPSA) is 69.6 Å². The highest BCUT2D eigenvalue weighted by Gasteiger charge is 2.14. The average Bonchev–Trinajstić information content (AvgIpc) is 2.73. The second-order valence-electron chi connectivity index (χ2n) is 2.80. The minimum atomic E-state index is 0.0162. The molecule has 0 aliphatic heterocycles. The number of nitrogens with two attached hydrogens (primary N) is 1. The van der Waals surface area contributed by atoms with Crippen molar-refractivity contribution in [2.75, 3.05) is 5.73 Å². The third kappa shape index (κ3) is 1.58. The molecule has 2 N–H and O–H groups in total. The van der Waals surface area contributed by atoms with Crippen molar-refractivity contribution in [3.63, 3.8) is 0 Å². The van der Waals surface area contributed by atoms with Crippen LogP contribution in [0, 0.1) is 0 Å². The van der Waals surface area contributed by atoms with Crippen LogP contribution in [0.5, 0.6) is 0 Å². The maximum absolute atomic E-state index is 5.83. The molecule has 0 saturated heterocycles. The first-order valence-corrected chi connectivity index (χ1v) is 5.16. The lowest BCUT2D eigenvalue weighted by Crippen LogP contribution is -2.10. The summed E-state index contributed by atoms with van der Waals surface area (Å²) in [6.45, 7) is 1.97. The van der Waals surface area contributed by atoms with Crippen molar-refractivity contribution in [3.8, 4) is 0 Å². The van der Waals surface area contributed by atoms with E-state index in [1.54, 1.807) is 4.68 Å². The van der Waals surface area contributed by atoms with E-state index >= 15 is 0 Å². The summed E-state index contributed by atoms with van der Waals surface area (Å²) in [5, 5.41) is 10.9. The van der Waals surface area contributed by atoms with Gasteiger partial charge in [-0.3, -0.25) is 0 Å². The van der Waals surface area contributed by atoms with Gasteiger partial charge >= 0.3 is 0 Å². The molecule has 1 unspecified atom stereocenters. The first-order valence-electron chi connectivity index (χ1n) is 3.97. The Hall–Kier alpha value is -1.14. The molecule has 5 nitrogen and oxygen atoms in total. The molecule has 0 aromatic carbocycles. The van der Waals surface area contributed by atoms with Gasteiger partial charge in [0.1, 0.15) is 0 Å². The van der Waals surface area contributed by atoms with Crippen LogP contribution in [0.2, 0.25) is 4.34 Å². The summed E-state index contributed by atoms with van der Waals surface area (Å²) in [4.78, 5) is 1.08. The van der Waals surface area contributed by atoms with E-state index in [4.69, 9.17) is 17.3 Å². The van der Waals surface area contributed by atoms with E-state index in [1.807, 2.05) is 19.1 Å². The molecule has 0 aliphatic carbocycles. The largest absolute Gasteiger partial charge is 0.367 e. The Bertz CT molecular complexity index is 437. The van der Waals surface area contributed by atoms with Gasteiger partial charge in [-0.15, -0.1) is 11.3 Å². The smallest absolute Gasteiger partial charge is 0.240 e. The maximum Gasteiger partial charge on any atom is 0.240 e. The molecule has 0 saturated carbocycles. The van der Waals surface area contributed by atoms with Crippen molar-refractivity contribution in [2.45, 2.75) is 13.0 Å². The first-order chi connectivity index (χ1) is 6.68. The fourth-order valence-electron chi connectivity index (χ4n) is 1.15. The van der Waals surface area contributed by atoms with E-state index in [-0.39, 0.29) is 6.04 Å². The van der Waals surface area contributed by atoms with Gasteiger partial charge in [0.2, 0.25) is 5.95 Å². The zero-order chi connectivity index (χ0) is 10.1. The van der Waals surface area contributed by atoms with Crippen LogP contribution in [-0.2, 0) is 0 Å². The Kier molecular flexibility index (Phi) is 2.39. The number of tetrazole rings is 1.